The maximum Gasteiger partial charge on any atom is 0.255 e. The normalized spacial score (nSPS) is 15.4. The van der Waals surface area contributed by atoms with Crippen molar-refractivity contribution in [3.8, 4) is 0 Å². The van der Waals surface area contributed by atoms with Gasteiger partial charge in [-0.25, -0.2) is 13.1 Å². The molecule has 29 heavy (non-hydrogen) atoms. The average Bonchev–Trinajstić information content (AvgIpc) is 2.74. The minimum absolute atomic E-state index is 0.0809. The van der Waals surface area contributed by atoms with E-state index < -0.39 is 10.0 Å². The summed E-state index contributed by atoms with van der Waals surface area (Å²) in [6.45, 7) is 3.95. The lowest BCUT2D eigenvalue weighted by molar-refractivity contribution is 0.0693. The third kappa shape index (κ3) is 5.62. The zero-order valence-electron chi connectivity index (χ0n) is 16.9. The summed E-state index contributed by atoms with van der Waals surface area (Å²) in [5.41, 5.74) is 1.54. The smallest absolute Gasteiger partial charge is 0.255 e. The van der Waals surface area contributed by atoms with Gasteiger partial charge in [-0.15, -0.1) is 11.8 Å². The van der Waals surface area contributed by atoms with Crippen LogP contribution in [-0.2, 0) is 16.4 Å². The molecule has 0 atom stereocenters. The van der Waals surface area contributed by atoms with Gasteiger partial charge in [0.2, 0.25) is 10.0 Å². The van der Waals surface area contributed by atoms with Gasteiger partial charge in [0.1, 0.15) is 0 Å². The SMILES string of the molecule is CSc1ccc(S(=O)(=O)NCCc2ccccc2)cc1C(=O)N1CCC(C)CC1. The number of carbonyl (C=O) groups is 1. The van der Waals surface area contributed by atoms with Crippen molar-refractivity contribution in [1.29, 1.82) is 0 Å². The van der Waals surface area contributed by atoms with Crippen LogP contribution in [0.1, 0.15) is 35.7 Å². The number of rotatable bonds is 7. The van der Waals surface area contributed by atoms with E-state index in [4.69, 9.17) is 0 Å². The van der Waals surface area contributed by atoms with E-state index in [1.807, 2.05) is 41.5 Å². The first-order valence-electron chi connectivity index (χ1n) is 9.91. The molecule has 1 amide bonds. The maximum absolute atomic E-state index is 13.1. The van der Waals surface area contributed by atoms with Crippen molar-refractivity contribution in [1.82, 2.24) is 9.62 Å². The Morgan fingerprint density at radius 1 is 1.14 bits per heavy atom. The van der Waals surface area contributed by atoms with E-state index in [0.717, 1.165) is 36.4 Å². The van der Waals surface area contributed by atoms with E-state index in [1.54, 1.807) is 12.1 Å². The van der Waals surface area contributed by atoms with Crippen molar-refractivity contribution in [3.05, 3.63) is 59.7 Å². The Labute approximate surface area is 177 Å². The van der Waals surface area contributed by atoms with Gasteiger partial charge in [0.15, 0.2) is 0 Å². The van der Waals surface area contributed by atoms with Gasteiger partial charge in [0, 0.05) is 24.5 Å². The largest absolute Gasteiger partial charge is 0.339 e. The molecule has 5 nitrogen and oxygen atoms in total. The first kappa shape index (κ1) is 21.9. The molecule has 0 unspecified atom stereocenters. The average molecular weight is 433 g/mol. The van der Waals surface area contributed by atoms with Crippen molar-refractivity contribution >= 4 is 27.7 Å². The van der Waals surface area contributed by atoms with Crippen molar-refractivity contribution < 1.29 is 13.2 Å². The monoisotopic (exact) mass is 432 g/mol. The minimum atomic E-state index is -3.68. The molecule has 1 fully saturated rings. The first-order chi connectivity index (χ1) is 13.9. The molecule has 0 aliphatic carbocycles. The second-order valence-corrected chi connectivity index (χ2v) is 10.1. The molecule has 0 aromatic heterocycles. The number of benzene rings is 2. The molecule has 1 N–H and O–H groups in total. The Bertz CT molecular complexity index is 938. The molecular weight excluding hydrogens is 404 g/mol. The Morgan fingerprint density at radius 2 is 1.83 bits per heavy atom. The summed E-state index contributed by atoms with van der Waals surface area (Å²) in [6.07, 6.45) is 4.48. The van der Waals surface area contributed by atoms with Crippen molar-refractivity contribution in [3.63, 3.8) is 0 Å². The third-order valence-electron chi connectivity index (χ3n) is 5.33. The quantitative estimate of drug-likeness (QED) is 0.676. The van der Waals surface area contributed by atoms with Gasteiger partial charge < -0.3 is 4.90 Å². The van der Waals surface area contributed by atoms with Gasteiger partial charge in [-0.3, -0.25) is 4.79 Å². The number of nitrogens with zero attached hydrogens (tertiary/aromatic N) is 1. The summed E-state index contributed by atoms with van der Waals surface area (Å²) >= 11 is 1.46. The maximum atomic E-state index is 13.1. The summed E-state index contributed by atoms with van der Waals surface area (Å²) in [6, 6.07) is 14.6. The molecule has 0 spiro atoms. The lowest BCUT2D eigenvalue weighted by Gasteiger charge is -2.30. The second kappa shape index (κ2) is 9.78. The highest BCUT2D eigenvalue weighted by atomic mass is 32.2. The molecule has 1 heterocycles. The van der Waals surface area contributed by atoms with Crippen LogP contribution in [0.5, 0.6) is 0 Å². The topological polar surface area (TPSA) is 66.5 Å². The van der Waals surface area contributed by atoms with Crippen molar-refractivity contribution in [2.75, 3.05) is 25.9 Å². The second-order valence-electron chi connectivity index (χ2n) is 7.47. The fourth-order valence-electron chi connectivity index (χ4n) is 3.46. The number of piperidine rings is 1. The number of sulfonamides is 1. The molecule has 1 aliphatic rings. The zero-order valence-corrected chi connectivity index (χ0v) is 18.6. The predicted molar refractivity (Wildman–Crippen MR) is 118 cm³/mol. The standard InChI is InChI=1S/C22H28N2O3S2/c1-17-11-14-24(15-12-17)22(25)20-16-19(8-9-21(20)28-2)29(26,27)23-13-10-18-6-4-3-5-7-18/h3-9,16-17,23H,10-15H2,1-2H3. The van der Waals surface area contributed by atoms with E-state index in [0.29, 0.717) is 24.4 Å². The fraction of sp³-hybridized carbons (Fsp3) is 0.409. The van der Waals surface area contributed by atoms with Crippen LogP contribution in [0.15, 0.2) is 58.3 Å². The molecule has 2 aromatic rings. The van der Waals surface area contributed by atoms with E-state index in [-0.39, 0.29) is 10.8 Å². The highest BCUT2D eigenvalue weighted by molar-refractivity contribution is 7.98. The molecule has 2 aromatic carbocycles. The van der Waals surface area contributed by atoms with E-state index in [1.165, 1.54) is 17.8 Å². The zero-order chi connectivity index (χ0) is 20.9. The van der Waals surface area contributed by atoms with E-state index in [9.17, 15) is 13.2 Å². The molecule has 0 bridgehead atoms. The molecule has 0 saturated carbocycles. The number of nitrogens with one attached hydrogen (secondary N) is 1. The fourth-order valence-corrected chi connectivity index (χ4v) is 5.09. The van der Waals surface area contributed by atoms with Crippen molar-refractivity contribution in [2.24, 2.45) is 5.92 Å². The number of hydrogen-bond acceptors (Lipinski definition) is 4. The number of hydrogen-bond donors (Lipinski definition) is 1. The Balaban J connectivity index is 1.75. The highest BCUT2D eigenvalue weighted by Crippen LogP contribution is 2.27. The summed E-state index contributed by atoms with van der Waals surface area (Å²) in [7, 11) is -3.68. The van der Waals surface area contributed by atoms with Crippen LogP contribution in [0, 0.1) is 5.92 Å². The van der Waals surface area contributed by atoms with Gasteiger partial charge >= 0.3 is 0 Å². The summed E-state index contributed by atoms with van der Waals surface area (Å²) < 4.78 is 28.2. The molecule has 1 aliphatic heterocycles. The number of likely N-dealkylation sites (tertiary alicyclic amines) is 1. The van der Waals surface area contributed by atoms with Crippen LogP contribution in [0.4, 0.5) is 0 Å². The Hall–Kier alpha value is -1.83. The first-order valence-corrected chi connectivity index (χ1v) is 12.6. The molecule has 156 valence electrons. The van der Waals surface area contributed by atoms with Crippen LogP contribution in [0.25, 0.3) is 0 Å². The summed E-state index contributed by atoms with van der Waals surface area (Å²) in [5, 5.41) is 0. The predicted octanol–water partition coefficient (Wildman–Crippen LogP) is 3.80. The molecule has 0 radical (unpaired) electrons. The number of thioether (sulfide) groups is 1. The third-order valence-corrected chi connectivity index (χ3v) is 7.59. The van der Waals surface area contributed by atoms with Crippen LogP contribution in [-0.4, -0.2) is 45.1 Å². The van der Waals surface area contributed by atoms with Crippen LogP contribution >= 0.6 is 11.8 Å². The summed E-state index contributed by atoms with van der Waals surface area (Å²) in [5.74, 6) is 0.544. The van der Waals surface area contributed by atoms with Gasteiger partial charge in [0.25, 0.3) is 5.91 Å². The molecule has 1 saturated heterocycles. The van der Waals surface area contributed by atoms with Gasteiger partial charge in [-0.05, 0) is 55.2 Å². The summed E-state index contributed by atoms with van der Waals surface area (Å²) in [4.78, 5) is 15.8. The van der Waals surface area contributed by atoms with E-state index in [2.05, 4.69) is 11.6 Å². The highest BCUT2D eigenvalue weighted by Gasteiger charge is 2.25. The number of carbonyl (C=O) groups excluding carboxylic acids is 1. The molecule has 7 heteroatoms. The van der Waals surface area contributed by atoms with Gasteiger partial charge in [-0.2, -0.15) is 0 Å². The van der Waals surface area contributed by atoms with Crippen LogP contribution in [0.3, 0.4) is 0 Å². The minimum Gasteiger partial charge on any atom is -0.339 e. The van der Waals surface area contributed by atoms with Gasteiger partial charge in [-0.1, -0.05) is 37.3 Å². The number of amides is 1. The Kier molecular flexibility index (Phi) is 7.38. The lowest BCUT2D eigenvalue weighted by atomic mass is 9.98. The Morgan fingerprint density at radius 3 is 2.48 bits per heavy atom. The van der Waals surface area contributed by atoms with Crippen LogP contribution < -0.4 is 4.72 Å². The van der Waals surface area contributed by atoms with Crippen molar-refractivity contribution in [2.45, 2.75) is 36.0 Å². The van der Waals surface area contributed by atoms with Gasteiger partial charge in [0.05, 0.1) is 10.5 Å². The lowest BCUT2D eigenvalue weighted by Crippen LogP contribution is -2.38. The van der Waals surface area contributed by atoms with Crippen LogP contribution in [0.2, 0.25) is 0 Å². The molecule has 3 rings (SSSR count). The molecular formula is C22H28N2O3S2. The van der Waals surface area contributed by atoms with E-state index >= 15 is 0 Å².